The molecule has 0 radical (unpaired) electrons. The molecule has 5 heteroatoms. The zero-order chi connectivity index (χ0) is 14.2. The highest BCUT2D eigenvalue weighted by Crippen LogP contribution is 2.34. The number of rotatable bonds is 3. The van der Waals surface area contributed by atoms with Crippen molar-refractivity contribution in [3.8, 4) is 5.69 Å². The van der Waals surface area contributed by atoms with Crippen LogP contribution < -0.4 is 10.6 Å². The van der Waals surface area contributed by atoms with E-state index >= 15 is 0 Å². The maximum Gasteiger partial charge on any atom is 0.229 e. The summed E-state index contributed by atoms with van der Waals surface area (Å²) in [6, 6.07) is 8.72. The number of carbonyl (C=O) groups excluding carboxylic acids is 1. The van der Waals surface area contributed by atoms with E-state index in [4.69, 9.17) is 0 Å². The lowest BCUT2D eigenvalue weighted by Crippen LogP contribution is -2.33. The summed E-state index contributed by atoms with van der Waals surface area (Å²) in [6.07, 6.45) is 8.64. The van der Waals surface area contributed by atoms with Crippen LogP contribution in [0.4, 0.5) is 5.69 Å². The second-order valence-electron chi connectivity index (χ2n) is 5.87. The van der Waals surface area contributed by atoms with Gasteiger partial charge in [0.2, 0.25) is 5.91 Å². The number of aromatic nitrogens is 2. The molecule has 0 saturated carbocycles. The van der Waals surface area contributed by atoms with Gasteiger partial charge in [-0.05, 0) is 31.4 Å². The van der Waals surface area contributed by atoms with E-state index in [1.54, 1.807) is 12.5 Å². The van der Waals surface area contributed by atoms with E-state index in [1.165, 1.54) is 6.42 Å². The number of hydrogen-bond acceptors (Lipinski definition) is 3. The van der Waals surface area contributed by atoms with Gasteiger partial charge in [-0.2, -0.15) is 0 Å². The van der Waals surface area contributed by atoms with Crippen LogP contribution in [0.2, 0.25) is 0 Å². The lowest BCUT2D eigenvalue weighted by atomic mass is 9.88. The van der Waals surface area contributed by atoms with Crippen LogP contribution in [-0.4, -0.2) is 27.5 Å². The Bertz CT molecular complexity index is 652. The van der Waals surface area contributed by atoms with Gasteiger partial charge in [-0.3, -0.25) is 4.79 Å². The van der Waals surface area contributed by atoms with Gasteiger partial charge in [0.1, 0.15) is 0 Å². The molecule has 2 saturated heterocycles. The van der Waals surface area contributed by atoms with E-state index in [0.29, 0.717) is 12.1 Å². The summed E-state index contributed by atoms with van der Waals surface area (Å²) in [5.41, 5.74) is 1.78. The molecule has 2 aliphatic heterocycles. The van der Waals surface area contributed by atoms with Gasteiger partial charge in [-0.25, -0.2) is 4.98 Å². The van der Waals surface area contributed by atoms with Gasteiger partial charge in [0.05, 0.1) is 23.6 Å². The second-order valence-corrected chi connectivity index (χ2v) is 5.87. The first kappa shape index (κ1) is 12.6. The van der Waals surface area contributed by atoms with Gasteiger partial charge in [0, 0.05) is 24.5 Å². The summed E-state index contributed by atoms with van der Waals surface area (Å²) >= 11 is 0. The first-order valence-electron chi connectivity index (χ1n) is 7.45. The molecule has 2 aliphatic rings. The third-order valence-electron chi connectivity index (χ3n) is 4.58. The average Bonchev–Trinajstić information content (AvgIpc) is 3.25. The quantitative estimate of drug-likeness (QED) is 0.904. The summed E-state index contributed by atoms with van der Waals surface area (Å²) in [4.78, 5) is 16.6. The van der Waals surface area contributed by atoms with E-state index in [1.807, 2.05) is 35.0 Å². The van der Waals surface area contributed by atoms with Crippen LogP contribution in [0.1, 0.15) is 19.3 Å². The van der Waals surface area contributed by atoms with Gasteiger partial charge in [-0.1, -0.05) is 12.1 Å². The molecule has 3 unspecified atom stereocenters. The molecular formula is C16H18N4O. The molecule has 108 valence electrons. The van der Waals surface area contributed by atoms with Crippen molar-refractivity contribution in [3.63, 3.8) is 0 Å². The molecular weight excluding hydrogens is 264 g/mol. The highest BCUT2D eigenvalue weighted by Gasteiger charge is 2.42. The molecule has 4 rings (SSSR count). The standard InChI is InChI=1S/C16H18N4O/c21-16(12-9-11-5-6-13(12)18-11)19-14-3-1-2-4-15(14)20-8-7-17-10-20/h1-4,7-8,10-13,18H,5-6,9H2,(H,19,21). The minimum Gasteiger partial charge on any atom is -0.324 e. The summed E-state index contributed by atoms with van der Waals surface area (Å²) in [7, 11) is 0. The van der Waals surface area contributed by atoms with Crippen molar-refractivity contribution in [3.05, 3.63) is 43.0 Å². The Morgan fingerprint density at radius 2 is 2.24 bits per heavy atom. The SMILES string of the molecule is O=C(Nc1ccccc1-n1ccnc1)C1CC2CCC1N2. The lowest BCUT2D eigenvalue weighted by Gasteiger charge is -2.20. The molecule has 2 N–H and O–H groups in total. The minimum atomic E-state index is 0.0968. The number of amides is 1. The van der Waals surface area contributed by atoms with E-state index < -0.39 is 0 Å². The van der Waals surface area contributed by atoms with Crippen molar-refractivity contribution in [2.45, 2.75) is 31.3 Å². The summed E-state index contributed by atoms with van der Waals surface area (Å²) in [5.74, 6) is 0.224. The van der Waals surface area contributed by atoms with Crippen LogP contribution in [0, 0.1) is 5.92 Å². The third-order valence-corrected chi connectivity index (χ3v) is 4.58. The monoisotopic (exact) mass is 282 g/mol. The number of nitrogens with one attached hydrogen (secondary N) is 2. The number of hydrogen-bond donors (Lipinski definition) is 2. The average molecular weight is 282 g/mol. The van der Waals surface area contributed by atoms with E-state index in [2.05, 4.69) is 15.6 Å². The predicted molar refractivity (Wildman–Crippen MR) is 80.2 cm³/mol. The van der Waals surface area contributed by atoms with Crippen LogP contribution in [0.15, 0.2) is 43.0 Å². The van der Waals surface area contributed by atoms with Crippen molar-refractivity contribution >= 4 is 11.6 Å². The molecule has 2 fully saturated rings. The number of carbonyl (C=O) groups is 1. The highest BCUT2D eigenvalue weighted by atomic mass is 16.2. The smallest absolute Gasteiger partial charge is 0.229 e. The molecule has 0 aliphatic carbocycles. The summed E-state index contributed by atoms with van der Waals surface area (Å²) < 4.78 is 1.91. The number of nitrogens with zero attached hydrogens (tertiary/aromatic N) is 2. The maximum atomic E-state index is 12.6. The maximum absolute atomic E-state index is 12.6. The summed E-state index contributed by atoms with van der Waals surface area (Å²) in [5, 5.41) is 6.61. The normalized spacial score (nSPS) is 27.0. The van der Waals surface area contributed by atoms with Crippen LogP contribution in [0.3, 0.4) is 0 Å². The molecule has 1 amide bonds. The number of imidazole rings is 1. The van der Waals surface area contributed by atoms with Crippen molar-refractivity contribution < 1.29 is 4.79 Å². The third kappa shape index (κ3) is 2.23. The Labute approximate surface area is 123 Å². The molecule has 2 bridgehead atoms. The van der Waals surface area contributed by atoms with Crippen molar-refractivity contribution in [2.75, 3.05) is 5.32 Å². The fourth-order valence-electron chi connectivity index (χ4n) is 3.55. The highest BCUT2D eigenvalue weighted by molar-refractivity contribution is 5.95. The van der Waals surface area contributed by atoms with E-state index in [9.17, 15) is 4.79 Å². The Morgan fingerprint density at radius 1 is 1.33 bits per heavy atom. The van der Waals surface area contributed by atoms with Crippen LogP contribution >= 0.6 is 0 Å². The van der Waals surface area contributed by atoms with Gasteiger partial charge in [0.25, 0.3) is 0 Å². The number of para-hydroxylation sites is 2. The second kappa shape index (κ2) is 5.00. The lowest BCUT2D eigenvalue weighted by molar-refractivity contribution is -0.120. The van der Waals surface area contributed by atoms with Crippen molar-refractivity contribution in [2.24, 2.45) is 5.92 Å². The first-order valence-corrected chi connectivity index (χ1v) is 7.45. The molecule has 0 spiro atoms. The molecule has 3 heterocycles. The van der Waals surface area contributed by atoms with Gasteiger partial charge in [0.15, 0.2) is 0 Å². The zero-order valence-corrected chi connectivity index (χ0v) is 11.7. The Hall–Kier alpha value is -2.14. The number of benzene rings is 1. The molecule has 1 aromatic heterocycles. The number of fused-ring (bicyclic) bond motifs is 2. The van der Waals surface area contributed by atoms with Crippen LogP contribution in [0.25, 0.3) is 5.69 Å². The predicted octanol–water partition coefficient (Wildman–Crippen LogP) is 1.95. The molecule has 21 heavy (non-hydrogen) atoms. The Balaban J connectivity index is 1.56. The van der Waals surface area contributed by atoms with E-state index in [-0.39, 0.29) is 11.8 Å². The largest absolute Gasteiger partial charge is 0.324 e. The summed E-state index contributed by atoms with van der Waals surface area (Å²) in [6.45, 7) is 0. The van der Waals surface area contributed by atoms with E-state index in [0.717, 1.165) is 24.2 Å². The van der Waals surface area contributed by atoms with Gasteiger partial charge < -0.3 is 15.2 Å². The minimum absolute atomic E-state index is 0.0968. The number of anilines is 1. The van der Waals surface area contributed by atoms with Crippen LogP contribution in [-0.2, 0) is 4.79 Å². The van der Waals surface area contributed by atoms with Crippen molar-refractivity contribution in [1.29, 1.82) is 0 Å². The first-order chi connectivity index (χ1) is 10.3. The van der Waals surface area contributed by atoms with Gasteiger partial charge in [-0.15, -0.1) is 0 Å². The topological polar surface area (TPSA) is 59.0 Å². The molecule has 2 aromatic rings. The Morgan fingerprint density at radius 3 is 2.95 bits per heavy atom. The fraction of sp³-hybridized carbons (Fsp3) is 0.375. The zero-order valence-electron chi connectivity index (χ0n) is 11.7. The van der Waals surface area contributed by atoms with Crippen molar-refractivity contribution in [1.82, 2.24) is 14.9 Å². The Kier molecular flexibility index (Phi) is 3.00. The molecule has 5 nitrogen and oxygen atoms in total. The van der Waals surface area contributed by atoms with Gasteiger partial charge >= 0.3 is 0 Å². The van der Waals surface area contributed by atoms with Crippen LogP contribution in [0.5, 0.6) is 0 Å². The molecule has 1 aromatic carbocycles. The fourth-order valence-corrected chi connectivity index (χ4v) is 3.55. The molecule has 3 atom stereocenters.